The number of rotatable bonds is 3. The van der Waals surface area contributed by atoms with Crippen molar-refractivity contribution in [3.05, 3.63) is 22.5 Å². The van der Waals surface area contributed by atoms with Gasteiger partial charge in [-0.2, -0.15) is 5.10 Å². The van der Waals surface area contributed by atoms with E-state index in [-0.39, 0.29) is 6.03 Å². The van der Waals surface area contributed by atoms with E-state index in [1.165, 1.54) is 11.3 Å². The Morgan fingerprint density at radius 1 is 1.35 bits per heavy atom. The van der Waals surface area contributed by atoms with Crippen LogP contribution in [0.15, 0.2) is 6.20 Å². The summed E-state index contributed by atoms with van der Waals surface area (Å²) < 4.78 is 1.74. The highest BCUT2D eigenvalue weighted by molar-refractivity contribution is 7.15. The summed E-state index contributed by atoms with van der Waals surface area (Å²) in [4.78, 5) is 17.3. The lowest BCUT2D eigenvalue weighted by Crippen LogP contribution is -2.20. The van der Waals surface area contributed by atoms with E-state index in [0.29, 0.717) is 11.0 Å². The first-order chi connectivity index (χ1) is 9.38. The van der Waals surface area contributed by atoms with Crippen LogP contribution >= 0.6 is 11.3 Å². The zero-order valence-electron chi connectivity index (χ0n) is 12.3. The van der Waals surface area contributed by atoms with Crippen molar-refractivity contribution in [1.82, 2.24) is 14.8 Å². The average molecular weight is 293 g/mol. The summed E-state index contributed by atoms with van der Waals surface area (Å²) in [6, 6.07) is -0.297. The van der Waals surface area contributed by atoms with Crippen molar-refractivity contribution in [2.45, 2.75) is 33.6 Å². The van der Waals surface area contributed by atoms with Gasteiger partial charge in [-0.25, -0.2) is 9.78 Å². The van der Waals surface area contributed by atoms with E-state index in [9.17, 15) is 4.79 Å². The number of carbonyl (C=O) groups excluding carboxylic acids is 1. The minimum absolute atomic E-state index is 0.297. The zero-order chi connectivity index (χ0) is 14.9. The number of urea groups is 1. The minimum atomic E-state index is -0.297. The SMILES string of the molecule is Cc1nn(C)c(C)c1NC(=O)Nc1ncc(C(C)C)s1. The van der Waals surface area contributed by atoms with Crippen LogP contribution < -0.4 is 10.6 Å². The molecule has 0 atom stereocenters. The van der Waals surface area contributed by atoms with Crippen LogP contribution in [0.4, 0.5) is 15.6 Å². The van der Waals surface area contributed by atoms with Gasteiger partial charge < -0.3 is 5.32 Å². The van der Waals surface area contributed by atoms with Crippen LogP contribution in [0.2, 0.25) is 0 Å². The van der Waals surface area contributed by atoms with Gasteiger partial charge >= 0.3 is 6.03 Å². The second kappa shape index (κ2) is 5.62. The topological polar surface area (TPSA) is 71.8 Å². The van der Waals surface area contributed by atoms with Crippen LogP contribution in [-0.2, 0) is 7.05 Å². The summed E-state index contributed by atoms with van der Waals surface area (Å²) in [5.41, 5.74) is 2.45. The lowest BCUT2D eigenvalue weighted by molar-refractivity contribution is 0.262. The fraction of sp³-hybridized carbons (Fsp3) is 0.462. The number of thiazole rings is 1. The number of aromatic nitrogens is 3. The maximum atomic E-state index is 12.0. The molecule has 0 spiro atoms. The smallest absolute Gasteiger partial charge is 0.304 e. The number of hydrogen-bond acceptors (Lipinski definition) is 4. The second-order valence-electron chi connectivity index (χ2n) is 4.97. The van der Waals surface area contributed by atoms with Crippen LogP contribution in [-0.4, -0.2) is 20.8 Å². The molecule has 6 nitrogen and oxygen atoms in total. The molecule has 20 heavy (non-hydrogen) atoms. The van der Waals surface area contributed by atoms with Crippen molar-refractivity contribution in [2.75, 3.05) is 10.6 Å². The third-order valence-corrected chi connectivity index (χ3v) is 4.27. The summed E-state index contributed by atoms with van der Waals surface area (Å²) in [5, 5.41) is 10.4. The van der Waals surface area contributed by atoms with Crippen LogP contribution in [0.25, 0.3) is 0 Å². The molecule has 7 heteroatoms. The zero-order valence-corrected chi connectivity index (χ0v) is 13.1. The molecule has 0 aliphatic carbocycles. The van der Waals surface area contributed by atoms with Crippen molar-refractivity contribution >= 4 is 28.2 Å². The molecule has 2 heterocycles. The van der Waals surface area contributed by atoms with E-state index in [4.69, 9.17) is 0 Å². The first kappa shape index (κ1) is 14.5. The molecule has 0 unspecified atom stereocenters. The van der Waals surface area contributed by atoms with E-state index in [2.05, 4.69) is 34.6 Å². The normalized spacial score (nSPS) is 10.9. The molecule has 108 valence electrons. The maximum Gasteiger partial charge on any atom is 0.325 e. The van der Waals surface area contributed by atoms with Gasteiger partial charge in [0.15, 0.2) is 5.13 Å². The first-order valence-corrected chi connectivity index (χ1v) is 7.24. The Balaban J connectivity index is 2.05. The third kappa shape index (κ3) is 2.98. The molecule has 2 aromatic rings. The monoisotopic (exact) mass is 293 g/mol. The summed E-state index contributed by atoms with van der Waals surface area (Å²) in [6.07, 6.45) is 1.80. The van der Waals surface area contributed by atoms with Gasteiger partial charge in [-0.15, -0.1) is 11.3 Å². The summed E-state index contributed by atoms with van der Waals surface area (Å²) in [6.45, 7) is 7.97. The van der Waals surface area contributed by atoms with E-state index >= 15 is 0 Å². The van der Waals surface area contributed by atoms with Crippen molar-refractivity contribution < 1.29 is 4.79 Å². The predicted molar refractivity (Wildman–Crippen MR) is 81.5 cm³/mol. The molecular formula is C13H19N5OS. The number of amides is 2. The largest absolute Gasteiger partial charge is 0.325 e. The first-order valence-electron chi connectivity index (χ1n) is 6.42. The van der Waals surface area contributed by atoms with Gasteiger partial charge in [-0.1, -0.05) is 13.8 Å². The third-order valence-electron chi connectivity index (χ3n) is 3.06. The van der Waals surface area contributed by atoms with Gasteiger partial charge in [0, 0.05) is 18.1 Å². The number of nitrogens with zero attached hydrogens (tertiary/aromatic N) is 3. The quantitative estimate of drug-likeness (QED) is 0.912. The number of nitrogens with one attached hydrogen (secondary N) is 2. The standard InChI is InChI=1S/C13H19N5OS/c1-7(2)10-6-14-13(20-10)16-12(19)15-11-8(3)17-18(5)9(11)4/h6-7H,1-5H3,(H2,14,15,16,19). The molecule has 0 fully saturated rings. The van der Waals surface area contributed by atoms with Crippen molar-refractivity contribution in [3.63, 3.8) is 0 Å². The number of anilines is 2. The van der Waals surface area contributed by atoms with Crippen molar-refractivity contribution in [1.29, 1.82) is 0 Å². The fourth-order valence-electron chi connectivity index (χ4n) is 1.81. The Morgan fingerprint density at radius 2 is 2.05 bits per heavy atom. The molecule has 2 N–H and O–H groups in total. The second-order valence-corrected chi connectivity index (χ2v) is 6.03. The van der Waals surface area contributed by atoms with Gasteiger partial charge in [0.1, 0.15) is 0 Å². The Morgan fingerprint density at radius 3 is 2.55 bits per heavy atom. The van der Waals surface area contributed by atoms with Crippen LogP contribution in [0.5, 0.6) is 0 Å². The van der Waals surface area contributed by atoms with Gasteiger partial charge in [-0.05, 0) is 19.8 Å². The Labute approximate surface area is 122 Å². The molecular weight excluding hydrogens is 274 g/mol. The van der Waals surface area contributed by atoms with Crippen LogP contribution in [0.3, 0.4) is 0 Å². The number of hydrogen-bond donors (Lipinski definition) is 2. The Bertz CT molecular complexity index is 629. The van der Waals surface area contributed by atoms with E-state index in [1.807, 2.05) is 20.9 Å². The molecule has 2 amide bonds. The summed E-state index contributed by atoms with van der Waals surface area (Å²) >= 11 is 1.49. The Kier molecular flexibility index (Phi) is 4.08. The lowest BCUT2D eigenvalue weighted by Gasteiger charge is -2.05. The molecule has 0 saturated carbocycles. The highest BCUT2D eigenvalue weighted by Gasteiger charge is 2.14. The van der Waals surface area contributed by atoms with Gasteiger partial charge in [0.2, 0.25) is 0 Å². The van der Waals surface area contributed by atoms with Gasteiger partial charge in [0.05, 0.1) is 17.1 Å². The molecule has 0 aliphatic rings. The minimum Gasteiger partial charge on any atom is -0.304 e. The average Bonchev–Trinajstić information content (AvgIpc) is 2.91. The molecule has 0 bridgehead atoms. The molecule has 0 aromatic carbocycles. The molecule has 2 aromatic heterocycles. The highest BCUT2D eigenvalue weighted by atomic mass is 32.1. The summed E-state index contributed by atoms with van der Waals surface area (Å²) in [5.74, 6) is 0.411. The predicted octanol–water partition coefficient (Wildman–Crippen LogP) is 3.26. The van der Waals surface area contributed by atoms with E-state index in [1.54, 1.807) is 10.9 Å². The van der Waals surface area contributed by atoms with Crippen LogP contribution in [0.1, 0.15) is 36.0 Å². The van der Waals surface area contributed by atoms with Gasteiger partial charge in [0.25, 0.3) is 0 Å². The molecule has 2 rings (SSSR count). The highest BCUT2D eigenvalue weighted by Crippen LogP contribution is 2.25. The van der Waals surface area contributed by atoms with E-state index in [0.717, 1.165) is 22.0 Å². The molecule has 0 aliphatic heterocycles. The Hall–Kier alpha value is -1.89. The van der Waals surface area contributed by atoms with E-state index < -0.39 is 0 Å². The number of aryl methyl sites for hydroxylation is 2. The van der Waals surface area contributed by atoms with Gasteiger partial charge in [-0.3, -0.25) is 10.00 Å². The molecule has 0 radical (unpaired) electrons. The number of carbonyl (C=O) groups is 1. The summed E-state index contributed by atoms with van der Waals surface area (Å²) in [7, 11) is 1.85. The van der Waals surface area contributed by atoms with Crippen molar-refractivity contribution in [3.8, 4) is 0 Å². The molecule has 0 saturated heterocycles. The lowest BCUT2D eigenvalue weighted by atomic mass is 10.2. The van der Waals surface area contributed by atoms with Crippen LogP contribution in [0, 0.1) is 13.8 Å². The fourth-order valence-corrected chi connectivity index (χ4v) is 2.62. The van der Waals surface area contributed by atoms with Crippen molar-refractivity contribution in [2.24, 2.45) is 7.05 Å². The maximum absolute atomic E-state index is 12.0.